The predicted molar refractivity (Wildman–Crippen MR) is 451 cm³/mol. The zero-order valence-corrected chi connectivity index (χ0v) is 69.6. The predicted octanol–water partition coefficient (Wildman–Crippen LogP) is 29.8. The molecule has 0 aliphatic heterocycles. The SMILES string of the molecule is Brc1ccc(-c2ccc(Br)s2)s1.Brc1cccs1.CC(C)(C)C(=O)c1ccc(-c2ccc(C(=O)C(C)(C)C)s2)s1.CC(C)(C)C(=O)c1cccs1.O=Cc1ccc(-c2ccc(C=O)s2)s1.O=Cc1cccs1.c1ccc2sc(-c3cc4ccccc4s3)cc2c1.c1ccc2sccc2c1. The summed E-state index contributed by atoms with van der Waals surface area (Å²) in [5, 5.41) is 12.0. The van der Waals surface area contributed by atoms with E-state index < -0.39 is 0 Å². The molecule has 0 spiro atoms. The third-order valence-corrected chi connectivity index (χ3v) is 27.9. The highest BCUT2D eigenvalue weighted by molar-refractivity contribution is 9.11. The van der Waals surface area contributed by atoms with Crippen LogP contribution in [-0.4, -0.2) is 36.2 Å². The Morgan fingerprint density at radius 2 is 0.667 bits per heavy atom. The van der Waals surface area contributed by atoms with E-state index in [2.05, 4.69) is 168 Å². The molecule has 99 heavy (non-hydrogen) atoms. The Kier molecular flexibility index (Phi) is 30.3. The lowest BCUT2D eigenvalue weighted by Gasteiger charge is -2.14. The number of halogens is 3. The minimum atomic E-state index is -0.370. The minimum absolute atomic E-state index is 0.159. The van der Waals surface area contributed by atoms with E-state index in [1.165, 1.54) is 129 Å². The van der Waals surface area contributed by atoms with Crippen molar-refractivity contribution in [2.75, 3.05) is 0 Å². The Hall–Kier alpha value is -5.70. The number of hydrogen-bond donors (Lipinski definition) is 0. The number of fused-ring (bicyclic) bond motifs is 3. The van der Waals surface area contributed by atoms with Gasteiger partial charge in [0.15, 0.2) is 36.2 Å². The Balaban J connectivity index is 0.000000148. The number of Topliss-reactive ketones (excluding diaryl/α,β-unsaturated/α-hetero) is 3. The first-order chi connectivity index (χ1) is 47.3. The number of thiophene rings is 12. The van der Waals surface area contributed by atoms with Crippen molar-refractivity contribution in [2.24, 2.45) is 16.2 Å². The van der Waals surface area contributed by atoms with Crippen LogP contribution in [0.4, 0.5) is 0 Å². The molecule has 0 aliphatic carbocycles. The molecule has 0 saturated heterocycles. The van der Waals surface area contributed by atoms with Gasteiger partial charge in [-0.15, -0.1) is 136 Å². The number of carbonyl (C=O) groups excluding carboxylic acids is 6. The van der Waals surface area contributed by atoms with Crippen LogP contribution < -0.4 is 0 Å². The molecule has 15 aromatic rings. The lowest BCUT2D eigenvalue weighted by Crippen LogP contribution is -2.18. The molecule has 0 aliphatic rings. The molecule has 21 heteroatoms. The van der Waals surface area contributed by atoms with Crippen molar-refractivity contribution in [3.63, 3.8) is 0 Å². The number of ketones is 3. The van der Waals surface area contributed by atoms with E-state index in [0.717, 1.165) is 57.9 Å². The fourth-order valence-corrected chi connectivity index (χ4v) is 20.7. The summed E-state index contributed by atoms with van der Waals surface area (Å²) in [6.45, 7) is 17.4. The second kappa shape index (κ2) is 38.0. The quantitative estimate of drug-likeness (QED) is 0.0998. The Morgan fingerprint density at radius 3 is 1.01 bits per heavy atom. The van der Waals surface area contributed by atoms with Gasteiger partial charge in [-0.1, -0.05) is 135 Å². The monoisotopic (exact) mass is 1720 g/mol. The van der Waals surface area contributed by atoms with E-state index >= 15 is 0 Å². The lowest BCUT2D eigenvalue weighted by atomic mass is 9.90. The summed E-state index contributed by atoms with van der Waals surface area (Å²) in [7, 11) is 0. The molecule has 6 nitrogen and oxygen atoms in total. The summed E-state index contributed by atoms with van der Waals surface area (Å²) < 4.78 is 7.67. The summed E-state index contributed by atoms with van der Waals surface area (Å²) in [5.41, 5.74) is -0.985. The molecule has 12 aromatic heterocycles. The van der Waals surface area contributed by atoms with Gasteiger partial charge in [0.2, 0.25) is 0 Å². The fraction of sp³-hybridized carbons (Fsp3) is 0.154. The molecule has 0 fully saturated rings. The van der Waals surface area contributed by atoms with E-state index in [4.69, 9.17) is 0 Å². The lowest BCUT2D eigenvalue weighted by molar-refractivity contribution is 0.0857. The Labute approximate surface area is 651 Å². The fourth-order valence-electron chi connectivity index (χ4n) is 8.42. The highest BCUT2D eigenvalue weighted by atomic mass is 79.9. The largest absolute Gasteiger partial charge is 0.297 e. The van der Waals surface area contributed by atoms with E-state index in [0.29, 0.717) is 9.75 Å². The van der Waals surface area contributed by atoms with Crippen molar-refractivity contribution in [2.45, 2.75) is 62.3 Å². The second-order valence-electron chi connectivity index (χ2n) is 24.2. The van der Waals surface area contributed by atoms with E-state index in [1.807, 2.05) is 168 Å². The molecular formula is C78H67Br3O6S12. The molecule has 0 unspecified atom stereocenters. The van der Waals surface area contributed by atoms with Crippen molar-refractivity contribution in [3.05, 3.63) is 262 Å². The number of benzene rings is 3. The highest BCUT2D eigenvalue weighted by Gasteiger charge is 2.27. The third-order valence-electron chi connectivity index (χ3n) is 13.4. The molecule has 0 radical (unpaired) electrons. The summed E-state index contributed by atoms with van der Waals surface area (Å²) in [6.07, 6.45) is 2.52. The average Bonchev–Trinajstić information content (AvgIpc) is 1.67. The number of aldehydes is 3. The molecule has 0 bridgehead atoms. The van der Waals surface area contributed by atoms with Gasteiger partial charge < -0.3 is 0 Å². The van der Waals surface area contributed by atoms with Gasteiger partial charge in [0.25, 0.3) is 0 Å². The first-order valence-corrected chi connectivity index (χ1v) is 42.8. The molecule has 0 saturated carbocycles. The van der Waals surface area contributed by atoms with Gasteiger partial charge in [-0.25, -0.2) is 0 Å². The van der Waals surface area contributed by atoms with Crippen LogP contribution in [-0.2, 0) is 0 Å². The molecule has 0 N–H and O–H groups in total. The number of rotatable bonds is 10. The topological polar surface area (TPSA) is 102 Å². The average molecular weight is 1720 g/mol. The van der Waals surface area contributed by atoms with Gasteiger partial charge in [-0.05, 0) is 213 Å². The molecule has 0 atom stereocenters. The van der Waals surface area contributed by atoms with Gasteiger partial charge in [0.05, 0.1) is 40.6 Å². The van der Waals surface area contributed by atoms with Crippen molar-refractivity contribution in [1.29, 1.82) is 0 Å². The van der Waals surface area contributed by atoms with Crippen LogP contribution in [0, 0.1) is 16.2 Å². The molecule has 3 aromatic carbocycles. The van der Waals surface area contributed by atoms with Gasteiger partial charge in [-0.3, -0.25) is 28.8 Å². The van der Waals surface area contributed by atoms with Gasteiger partial charge in [0, 0.05) is 69.4 Å². The first kappa shape index (κ1) is 79.0. The van der Waals surface area contributed by atoms with Crippen molar-refractivity contribution in [1.82, 2.24) is 0 Å². The van der Waals surface area contributed by atoms with Crippen LogP contribution in [0.2, 0.25) is 0 Å². The standard InChI is InChI=1S/C18H22O2S2.C16H10S2.C10H6O2S2.C9H12OS.C8H4Br2S2.C8H6S.C5H4OS.C4H3BrS/c1-17(2,3)15(19)13-9-7-11(21-13)12-8-10-14(22-12)16(20)18(4,5)6;1-3-7-13-11(5-1)9-15(17-13)16-10-12-6-2-4-8-14(12)18-16;11-5-7-1-3-9(13-7)10-4-2-8(6-12)14-10;1-9(2,3)8(10)7-5-4-6-11-7;9-7-3-1-5(11-7)6-2-4-8(10)12-6;1-2-4-8-7(3-1)5-6-9-8;6-4-5-2-1-3-7-5;5-4-2-1-3-6-4/h7-10H,1-6H3;1-10H;1-6H;4-6H,1-3H3;1-4H;1-6H;1-4H;1-3H. The third kappa shape index (κ3) is 24.2. The van der Waals surface area contributed by atoms with Gasteiger partial charge in [-0.2, -0.15) is 0 Å². The smallest absolute Gasteiger partial charge is 0.178 e. The molecule has 15 rings (SSSR count). The molecular weight excluding hydrogens is 1660 g/mol. The van der Waals surface area contributed by atoms with Gasteiger partial charge in [0.1, 0.15) is 0 Å². The maximum absolute atomic E-state index is 12.3. The zero-order chi connectivity index (χ0) is 71.3. The summed E-state index contributed by atoms with van der Waals surface area (Å²) in [5.74, 6) is 0.546. The van der Waals surface area contributed by atoms with Crippen LogP contribution >= 0.6 is 184 Å². The molecule has 12 heterocycles. The number of carbonyl (C=O) groups is 6. The highest BCUT2D eigenvalue weighted by Crippen LogP contribution is 2.42. The normalized spacial score (nSPS) is 10.9. The van der Waals surface area contributed by atoms with Crippen molar-refractivity contribution in [3.8, 4) is 39.0 Å². The molecule has 0 amide bonds. The summed E-state index contributed by atoms with van der Waals surface area (Å²) in [4.78, 5) is 81.1. The zero-order valence-electron chi connectivity index (χ0n) is 55.1. The maximum Gasteiger partial charge on any atom is 0.178 e. The van der Waals surface area contributed by atoms with Crippen LogP contribution in [0.3, 0.4) is 0 Å². The Bertz CT molecular complexity index is 4680. The van der Waals surface area contributed by atoms with E-state index in [1.54, 1.807) is 63.5 Å². The van der Waals surface area contributed by atoms with E-state index in [9.17, 15) is 28.8 Å². The van der Waals surface area contributed by atoms with Crippen LogP contribution in [0.5, 0.6) is 0 Å². The van der Waals surface area contributed by atoms with E-state index in [-0.39, 0.29) is 33.6 Å². The second-order valence-corrected chi connectivity index (χ2v) is 40.9. The van der Waals surface area contributed by atoms with Crippen LogP contribution in [0.25, 0.3) is 69.3 Å². The molecule has 508 valence electrons. The summed E-state index contributed by atoms with van der Waals surface area (Å²) >= 11 is 29.8. The Morgan fingerprint density at radius 1 is 0.283 bits per heavy atom. The van der Waals surface area contributed by atoms with Crippen LogP contribution in [0.1, 0.15) is 120 Å². The number of hydrogen-bond acceptors (Lipinski definition) is 18. The van der Waals surface area contributed by atoms with Crippen molar-refractivity contribution >= 4 is 250 Å². The van der Waals surface area contributed by atoms with Crippen LogP contribution in [0.15, 0.2) is 233 Å². The van der Waals surface area contributed by atoms with Gasteiger partial charge >= 0.3 is 0 Å². The van der Waals surface area contributed by atoms with Crippen molar-refractivity contribution < 1.29 is 28.8 Å². The first-order valence-electron chi connectivity index (χ1n) is 30.4. The summed E-state index contributed by atoms with van der Waals surface area (Å²) in [6, 6.07) is 67.3. The minimum Gasteiger partial charge on any atom is -0.297 e. The maximum atomic E-state index is 12.3.